The molecule has 3 atom stereocenters. The summed E-state index contributed by atoms with van der Waals surface area (Å²) in [6.45, 7) is 5.79. The quantitative estimate of drug-likeness (QED) is 0.485. The van der Waals surface area contributed by atoms with Gasteiger partial charge in [-0.25, -0.2) is 9.78 Å². The molecule has 1 aliphatic heterocycles. The molecule has 0 amide bonds. The predicted molar refractivity (Wildman–Crippen MR) is 137 cm³/mol. The molecule has 0 saturated carbocycles. The van der Waals surface area contributed by atoms with E-state index in [1.807, 2.05) is 74.7 Å². The maximum absolute atomic E-state index is 13.3. The van der Waals surface area contributed by atoms with E-state index in [0.29, 0.717) is 16.4 Å². The number of aryl methyl sites for hydroxylation is 1. The Labute approximate surface area is 209 Å². The molecule has 0 aliphatic carbocycles. The van der Waals surface area contributed by atoms with Gasteiger partial charge >= 0.3 is 11.9 Å². The Morgan fingerprint density at radius 2 is 1.80 bits per heavy atom. The van der Waals surface area contributed by atoms with Crippen LogP contribution >= 0.6 is 11.3 Å². The highest BCUT2D eigenvalue weighted by Gasteiger charge is 2.52. The summed E-state index contributed by atoms with van der Waals surface area (Å²) in [6, 6.07) is 17.0. The largest absolute Gasteiger partial charge is 0.469 e. The van der Waals surface area contributed by atoms with Gasteiger partial charge in [-0.3, -0.25) is 4.79 Å². The minimum Gasteiger partial charge on any atom is -0.469 e. The summed E-state index contributed by atoms with van der Waals surface area (Å²) in [7, 11) is 2.68. The fourth-order valence-corrected chi connectivity index (χ4v) is 5.52. The highest BCUT2D eigenvalue weighted by Crippen LogP contribution is 2.42. The summed E-state index contributed by atoms with van der Waals surface area (Å²) in [5.41, 5.74) is 3.95. The third-order valence-electron chi connectivity index (χ3n) is 6.45. The maximum Gasteiger partial charge on any atom is 0.337 e. The lowest BCUT2D eigenvalue weighted by Crippen LogP contribution is -2.60. The monoisotopic (exact) mass is 491 g/mol. The number of ether oxygens (including phenoxy) is 2. The van der Waals surface area contributed by atoms with Gasteiger partial charge in [-0.1, -0.05) is 54.1 Å². The van der Waals surface area contributed by atoms with Crippen molar-refractivity contribution in [2.45, 2.75) is 32.4 Å². The van der Waals surface area contributed by atoms with E-state index in [-0.39, 0.29) is 0 Å². The molecule has 3 unspecified atom stereocenters. The fraction of sp³-hybridized carbons (Fsp3) is 0.296. The highest BCUT2D eigenvalue weighted by molar-refractivity contribution is 7.14. The van der Waals surface area contributed by atoms with Crippen molar-refractivity contribution in [1.82, 2.24) is 10.3 Å². The van der Waals surface area contributed by atoms with Crippen molar-refractivity contribution in [3.8, 4) is 11.3 Å². The van der Waals surface area contributed by atoms with E-state index in [1.165, 1.54) is 25.6 Å². The van der Waals surface area contributed by atoms with E-state index in [2.05, 4.69) is 16.7 Å². The molecular formula is C27H29N3O4S. The van der Waals surface area contributed by atoms with Crippen molar-refractivity contribution in [3.05, 3.63) is 82.4 Å². The normalized spacial score (nSPS) is 21.7. The Morgan fingerprint density at radius 3 is 2.46 bits per heavy atom. The molecule has 0 fully saturated rings. The fourth-order valence-electron chi connectivity index (χ4n) is 4.76. The third-order valence-corrected chi connectivity index (χ3v) is 7.22. The molecule has 2 heterocycles. The molecule has 1 aliphatic rings. The Hall–Kier alpha value is -3.65. The standard InChI is InChI=1S/C27H29N3O4S/c1-16-10-9-11-18(14-16)20-15-35-26(28-20)29-23-21(24(31)33-4)17(2)30-27(3,22(23)25(32)34-5)19-12-7-6-8-13-19/h6-15,22-23,30H,1-5H3,(H,28,29). The first-order valence-electron chi connectivity index (χ1n) is 11.3. The van der Waals surface area contributed by atoms with E-state index in [4.69, 9.17) is 14.5 Å². The van der Waals surface area contributed by atoms with Gasteiger partial charge in [0.25, 0.3) is 0 Å². The number of hydrogen-bond donors (Lipinski definition) is 2. The van der Waals surface area contributed by atoms with Crippen LogP contribution < -0.4 is 10.6 Å². The number of anilines is 1. The Kier molecular flexibility index (Phi) is 6.93. The predicted octanol–water partition coefficient (Wildman–Crippen LogP) is 4.65. The summed E-state index contributed by atoms with van der Waals surface area (Å²) in [5.74, 6) is -1.77. The van der Waals surface area contributed by atoms with Crippen LogP contribution in [0.3, 0.4) is 0 Å². The molecule has 2 aromatic carbocycles. The van der Waals surface area contributed by atoms with Gasteiger partial charge in [0.15, 0.2) is 5.13 Å². The number of carbonyl (C=O) groups is 2. The molecule has 7 nitrogen and oxygen atoms in total. The number of nitrogens with zero attached hydrogens (tertiary/aromatic N) is 1. The van der Waals surface area contributed by atoms with Gasteiger partial charge in [0.1, 0.15) is 5.92 Å². The molecular weight excluding hydrogens is 462 g/mol. The average Bonchev–Trinajstić information content (AvgIpc) is 3.32. The number of aromatic nitrogens is 1. The lowest BCUT2D eigenvalue weighted by atomic mass is 9.70. The number of benzene rings is 2. The third kappa shape index (κ3) is 4.66. The minimum absolute atomic E-state index is 0.337. The van der Waals surface area contributed by atoms with Crippen LogP contribution in [0.15, 0.2) is 71.2 Å². The van der Waals surface area contributed by atoms with Crippen LogP contribution in [0, 0.1) is 12.8 Å². The summed E-state index contributed by atoms with van der Waals surface area (Å²) in [5, 5.41) is 9.34. The Balaban J connectivity index is 1.81. The van der Waals surface area contributed by atoms with Gasteiger partial charge in [-0.05, 0) is 32.4 Å². The molecule has 0 spiro atoms. The van der Waals surface area contributed by atoms with Crippen molar-refractivity contribution < 1.29 is 19.1 Å². The molecule has 4 rings (SSSR count). The second-order valence-electron chi connectivity index (χ2n) is 8.75. The molecule has 3 aromatic rings. The van der Waals surface area contributed by atoms with Gasteiger partial charge in [0, 0.05) is 16.6 Å². The second-order valence-corrected chi connectivity index (χ2v) is 9.61. The topological polar surface area (TPSA) is 89.5 Å². The zero-order chi connectivity index (χ0) is 25.2. The van der Waals surface area contributed by atoms with Crippen molar-refractivity contribution in [2.24, 2.45) is 5.92 Å². The number of allylic oxidation sites excluding steroid dienone is 1. The smallest absolute Gasteiger partial charge is 0.337 e. The first-order valence-corrected chi connectivity index (χ1v) is 12.2. The number of esters is 2. The van der Waals surface area contributed by atoms with Gasteiger partial charge < -0.3 is 20.1 Å². The SMILES string of the molecule is COC(=O)C1=C(C)NC(C)(c2ccccc2)C(C(=O)OC)C1Nc1nc(-c2cccc(C)c2)cs1. The van der Waals surface area contributed by atoms with Crippen molar-refractivity contribution >= 4 is 28.4 Å². The highest BCUT2D eigenvalue weighted by atomic mass is 32.1. The van der Waals surface area contributed by atoms with Gasteiger partial charge in [0.05, 0.1) is 37.1 Å². The van der Waals surface area contributed by atoms with Gasteiger partial charge in [-0.2, -0.15) is 0 Å². The van der Waals surface area contributed by atoms with Crippen LogP contribution in [0.4, 0.5) is 5.13 Å². The zero-order valence-corrected chi connectivity index (χ0v) is 21.2. The van der Waals surface area contributed by atoms with E-state index in [0.717, 1.165) is 22.4 Å². The lowest BCUT2D eigenvalue weighted by Gasteiger charge is -2.46. The first kappa shape index (κ1) is 24.5. The van der Waals surface area contributed by atoms with Gasteiger partial charge in [0.2, 0.25) is 0 Å². The molecule has 8 heteroatoms. The molecule has 2 N–H and O–H groups in total. The van der Waals surface area contributed by atoms with Gasteiger partial charge in [-0.15, -0.1) is 11.3 Å². The van der Waals surface area contributed by atoms with E-state index >= 15 is 0 Å². The number of carbonyl (C=O) groups excluding carboxylic acids is 2. The van der Waals surface area contributed by atoms with Crippen molar-refractivity contribution in [3.63, 3.8) is 0 Å². The molecule has 0 radical (unpaired) electrons. The number of hydrogen-bond acceptors (Lipinski definition) is 8. The van der Waals surface area contributed by atoms with Crippen molar-refractivity contribution in [2.75, 3.05) is 19.5 Å². The maximum atomic E-state index is 13.3. The van der Waals surface area contributed by atoms with E-state index in [1.54, 1.807) is 0 Å². The van der Waals surface area contributed by atoms with Crippen LogP contribution in [-0.4, -0.2) is 37.2 Å². The Morgan fingerprint density at radius 1 is 1.06 bits per heavy atom. The zero-order valence-electron chi connectivity index (χ0n) is 20.4. The molecule has 0 saturated heterocycles. The van der Waals surface area contributed by atoms with Crippen LogP contribution in [0.2, 0.25) is 0 Å². The second kappa shape index (κ2) is 9.92. The van der Waals surface area contributed by atoms with Crippen LogP contribution in [0.5, 0.6) is 0 Å². The van der Waals surface area contributed by atoms with Crippen LogP contribution in [0.1, 0.15) is 25.0 Å². The summed E-state index contributed by atoms with van der Waals surface area (Å²) < 4.78 is 10.4. The molecule has 182 valence electrons. The van der Waals surface area contributed by atoms with Crippen LogP contribution in [0.25, 0.3) is 11.3 Å². The summed E-state index contributed by atoms with van der Waals surface area (Å²) in [4.78, 5) is 31.0. The molecule has 35 heavy (non-hydrogen) atoms. The van der Waals surface area contributed by atoms with Crippen molar-refractivity contribution in [1.29, 1.82) is 0 Å². The minimum atomic E-state index is -0.857. The first-order chi connectivity index (χ1) is 16.8. The number of methoxy groups -OCH3 is 2. The van der Waals surface area contributed by atoms with E-state index in [9.17, 15) is 9.59 Å². The number of rotatable bonds is 6. The summed E-state index contributed by atoms with van der Waals surface area (Å²) in [6.07, 6.45) is 0. The molecule has 0 bridgehead atoms. The average molecular weight is 492 g/mol. The summed E-state index contributed by atoms with van der Waals surface area (Å²) >= 11 is 1.41. The lowest BCUT2D eigenvalue weighted by molar-refractivity contribution is -0.149. The number of thiazole rings is 1. The molecule has 1 aromatic heterocycles. The van der Waals surface area contributed by atoms with Crippen LogP contribution in [-0.2, 0) is 24.6 Å². The number of nitrogens with one attached hydrogen (secondary N) is 2. The van der Waals surface area contributed by atoms with E-state index < -0.39 is 29.4 Å². The Bertz CT molecular complexity index is 1270.